The van der Waals surface area contributed by atoms with E-state index in [1.54, 1.807) is 30.1 Å². The first-order chi connectivity index (χ1) is 19.0. The smallest absolute Gasteiger partial charge is 0.235 e. The van der Waals surface area contributed by atoms with Crippen molar-refractivity contribution in [2.75, 3.05) is 11.1 Å². The van der Waals surface area contributed by atoms with Gasteiger partial charge in [0.05, 0.1) is 34.1 Å². The lowest BCUT2D eigenvalue weighted by Gasteiger charge is -2.26. The molecule has 2 aromatic carbocycles. The van der Waals surface area contributed by atoms with Crippen molar-refractivity contribution in [3.63, 3.8) is 0 Å². The highest BCUT2D eigenvalue weighted by Gasteiger charge is 2.34. The number of carbonyl (C=O) groups excluding carboxylic acids is 1. The van der Waals surface area contributed by atoms with E-state index in [-0.39, 0.29) is 17.0 Å². The van der Waals surface area contributed by atoms with Crippen LogP contribution >= 0.6 is 11.8 Å². The summed E-state index contributed by atoms with van der Waals surface area (Å²) in [5, 5.41) is 13.7. The number of carbonyl (C=O) groups is 1. The molecule has 0 radical (unpaired) electrons. The molecule has 7 rings (SSSR count). The fourth-order valence-corrected chi connectivity index (χ4v) is 6.74. The Morgan fingerprint density at radius 3 is 2.72 bits per heavy atom. The van der Waals surface area contributed by atoms with Crippen molar-refractivity contribution < 1.29 is 9.18 Å². The van der Waals surface area contributed by atoms with Crippen molar-refractivity contribution >= 4 is 34.4 Å². The van der Waals surface area contributed by atoms with Crippen molar-refractivity contribution in [2.24, 2.45) is 5.92 Å². The van der Waals surface area contributed by atoms with Crippen molar-refractivity contribution in [2.45, 2.75) is 38.0 Å². The van der Waals surface area contributed by atoms with Crippen molar-refractivity contribution in [1.29, 1.82) is 0 Å². The lowest BCUT2D eigenvalue weighted by Crippen LogP contribution is -2.22. The first kappa shape index (κ1) is 24.1. The Labute approximate surface area is 229 Å². The number of anilines is 1. The van der Waals surface area contributed by atoms with Crippen molar-refractivity contribution in [1.82, 2.24) is 24.5 Å². The van der Waals surface area contributed by atoms with Gasteiger partial charge in [-0.2, -0.15) is 10.2 Å². The molecule has 0 bridgehead atoms. The van der Waals surface area contributed by atoms with E-state index in [0.717, 1.165) is 57.0 Å². The molecule has 0 spiro atoms. The molecule has 1 N–H and O–H groups in total. The fourth-order valence-electron chi connectivity index (χ4n) is 5.52. The number of pyridine rings is 1. The van der Waals surface area contributed by atoms with Gasteiger partial charge in [-0.05, 0) is 85.3 Å². The van der Waals surface area contributed by atoms with Gasteiger partial charge in [-0.25, -0.2) is 13.8 Å². The number of rotatable bonds is 5. The Morgan fingerprint density at radius 2 is 1.97 bits per heavy atom. The van der Waals surface area contributed by atoms with Crippen LogP contribution in [-0.4, -0.2) is 36.2 Å². The molecule has 1 atom stereocenters. The first-order valence-electron chi connectivity index (χ1n) is 13.2. The monoisotopic (exact) mass is 538 g/mol. The molecule has 39 heavy (non-hydrogen) atoms. The fraction of sp³-hybridized carbons (Fsp3) is 0.267. The van der Waals surface area contributed by atoms with Crippen LogP contribution in [0.4, 0.5) is 10.2 Å². The third-order valence-electron chi connectivity index (χ3n) is 7.76. The number of benzene rings is 2. The maximum Gasteiger partial charge on any atom is 0.235 e. The molecule has 1 fully saturated rings. The molecular weight excluding hydrogens is 511 g/mol. The summed E-state index contributed by atoms with van der Waals surface area (Å²) in [4.78, 5) is 17.6. The summed E-state index contributed by atoms with van der Waals surface area (Å²) in [7, 11) is 0. The minimum atomic E-state index is -0.278. The van der Waals surface area contributed by atoms with Gasteiger partial charge in [0.1, 0.15) is 17.3 Å². The summed E-state index contributed by atoms with van der Waals surface area (Å²) in [5.74, 6) is 1.40. The number of fused-ring (bicyclic) bond motifs is 2. The van der Waals surface area contributed by atoms with Gasteiger partial charge < -0.3 is 5.32 Å². The molecule has 4 heterocycles. The molecular formula is C30H27FN6OS. The molecule has 5 aromatic rings. The molecule has 1 amide bonds. The van der Waals surface area contributed by atoms with E-state index in [1.165, 1.54) is 31.4 Å². The van der Waals surface area contributed by atoms with Crippen LogP contribution in [-0.2, 0) is 11.3 Å². The van der Waals surface area contributed by atoms with Gasteiger partial charge >= 0.3 is 0 Å². The Morgan fingerprint density at radius 1 is 1.13 bits per heavy atom. The highest BCUT2D eigenvalue weighted by atomic mass is 32.2. The average Bonchev–Trinajstić information content (AvgIpc) is 3.43. The van der Waals surface area contributed by atoms with Crippen LogP contribution in [0.15, 0.2) is 67.0 Å². The van der Waals surface area contributed by atoms with Gasteiger partial charge in [0.15, 0.2) is 0 Å². The molecule has 7 nitrogen and oxygen atoms in total. The summed E-state index contributed by atoms with van der Waals surface area (Å²) < 4.78 is 17.4. The Hall–Kier alpha value is -3.98. The average molecular weight is 539 g/mol. The topological polar surface area (TPSA) is 77.6 Å². The summed E-state index contributed by atoms with van der Waals surface area (Å²) in [6.07, 6.45) is 7.25. The number of nitrogens with one attached hydrogen (secondary N) is 1. The van der Waals surface area contributed by atoms with Gasteiger partial charge in [0.25, 0.3) is 0 Å². The Kier molecular flexibility index (Phi) is 5.96. The second kappa shape index (κ2) is 9.64. The SMILES string of the molecule is Cc1cc2c(cnn2-c2ccc(F)cc2)cc1C1SCC(=O)Nc2c1c(-c1ccccn1)nn2CC1CCC1. The summed E-state index contributed by atoms with van der Waals surface area (Å²) in [6, 6.07) is 16.5. The van der Waals surface area contributed by atoms with Crippen LogP contribution in [0.1, 0.15) is 41.2 Å². The van der Waals surface area contributed by atoms with E-state index < -0.39 is 0 Å². The predicted molar refractivity (Wildman–Crippen MR) is 151 cm³/mol. The number of hydrogen-bond donors (Lipinski definition) is 1. The number of hydrogen-bond acceptors (Lipinski definition) is 5. The highest BCUT2D eigenvalue weighted by molar-refractivity contribution is 8.00. The van der Waals surface area contributed by atoms with Crippen molar-refractivity contribution in [3.8, 4) is 17.1 Å². The number of halogens is 1. The Bertz CT molecular complexity index is 1690. The second-order valence-corrected chi connectivity index (χ2v) is 11.4. The van der Waals surface area contributed by atoms with Crippen molar-refractivity contribution in [3.05, 3.63) is 89.5 Å². The zero-order valence-electron chi connectivity index (χ0n) is 21.5. The maximum atomic E-state index is 13.5. The van der Waals surface area contributed by atoms with Crippen LogP contribution in [0.25, 0.3) is 28.0 Å². The molecule has 3 aromatic heterocycles. The molecule has 9 heteroatoms. The molecule has 196 valence electrons. The maximum absolute atomic E-state index is 13.5. The van der Waals surface area contributed by atoms with Gasteiger partial charge in [-0.1, -0.05) is 12.5 Å². The molecule has 0 saturated heterocycles. The zero-order chi connectivity index (χ0) is 26.5. The lowest BCUT2D eigenvalue weighted by atomic mass is 9.85. The summed E-state index contributed by atoms with van der Waals surface area (Å²) in [6.45, 7) is 2.88. The van der Waals surface area contributed by atoms with Gasteiger partial charge in [0, 0.05) is 23.7 Å². The van der Waals surface area contributed by atoms with E-state index in [9.17, 15) is 9.18 Å². The molecule has 1 aliphatic carbocycles. The number of aromatic nitrogens is 5. The van der Waals surface area contributed by atoms with Crippen LogP contribution in [0, 0.1) is 18.7 Å². The van der Waals surface area contributed by atoms with Crippen LogP contribution in [0.5, 0.6) is 0 Å². The van der Waals surface area contributed by atoms with Crippen LogP contribution in [0.2, 0.25) is 0 Å². The lowest BCUT2D eigenvalue weighted by molar-refractivity contribution is -0.113. The highest BCUT2D eigenvalue weighted by Crippen LogP contribution is 2.48. The summed E-state index contributed by atoms with van der Waals surface area (Å²) >= 11 is 1.61. The van der Waals surface area contributed by atoms with E-state index in [4.69, 9.17) is 5.10 Å². The quantitative estimate of drug-likeness (QED) is 0.284. The summed E-state index contributed by atoms with van der Waals surface area (Å²) in [5.41, 5.74) is 6.55. The standard InChI is InChI=1S/C30H27FN6OS/c1-18-13-25-20(15-33-37(25)22-10-8-21(31)9-11-22)14-23(18)29-27-28(24-7-2-3-12-32-24)35-36(16-19-5-4-6-19)30(27)34-26(38)17-39-29/h2-3,7-15,19,29H,4-6,16-17H2,1H3,(H,34,38). The van der Waals surface area contributed by atoms with Gasteiger partial charge in [0.2, 0.25) is 5.91 Å². The molecule has 1 aliphatic heterocycles. The molecule has 1 unspecified atom stereocenters. The van der Waals surface area contributed by atoms with Crippen LogP contribution in [0.3, 0.4) is 0 Å². The van der Waals surface area contributed by atoms with Gasteiger partial charge in [-0.15, -0.1) is 11.8 Å². The minimum Gasteiger partial charge on any atom is -0.310 e. The van der Waals surface area contributed by atoms with E-state index in [2.05, 4.69) is 34.5 Å². The van der Waals surface area contributed by atoms with Gasteiger partial charge in [-0.3, -0.25) is 9.78 Å². The third kappa shape index (κ3) is 4.30. The second-order valence-electron chi connectivity index (χ2n) is 10.3. The van der Waals surface area contributed by atoms with E-state index in [1.807, 2.05) is 33.8 Å². The predicted octanol–water partition coefficient (Wildman–Crippen LogP) is 6.31. The minimum absolute atomic E-state index is 0.0195. The zero-order valence-corrected chi connectivity index (χ0v) is 22.3. The Balaban J connectivity index is 1.38. The number of amides is 1. The third-order valence-corrected chi connectivity index (χ3v) is 9.01. The normalized spacial score (nSPS) is 17.5. The molecule has 1 saturated carbocycles. The van der Waals surface area contributed by atoms with E-state index in [0.29, 0.717) is 11.7 Å². The molecule has 2 aliphatic rings. The van der Waals surface area contributed by atoms with Crippen LogP contribution < -0.4 is 5.32 Å². The number of thioether (sulfide) groups is 1. The largest absolute Gasteiger partial charge is 0.310 e. The van der Waals surface area contributed by atoms with E-state index >= 15 is 0 Å². The number of aryl methyl sites for hydroxylation is 1. The number of nitrogens with zero attached hydrogens (tertiary/aromatic N) is 5. The first-order valence-corrected chi connectivity index (χ1v) is 14.3.